The third kappa shape index (κ3) is 3.41. The van der Waals surface area contributed by atoms with Crippen molar-refractivity contribution in [2.45, 2.75) is 46.3 Å². The van der Waals surface area contributed by atoms with Crippen LogP contribution >= 0.6 is 0 Å². The molecule has 0 saturated carbocycles. The van der Waals surface area contributed by atoms with Crippen LogP contribution in [0.3, 0.4) is 0 Å². The van der Waals surface area contributed by atoms with Crippen LogP contribution in [-0.2, 0) is 13.1 Å². The first-order valence-electron chi connectivity index (χ1n) is 5.37. The van der Waals surface area contributed by atoms with Crippen LogP contribution in [0.15, 0.2) is 6.07 Å². The molecule has 0 aliphatic carbocycles. The lowest BCUT2D eigenvalue weighted by molar-refractivity contribution is 0.522. The second-order valence-electron chi connectivity index (χ2n) is 3.78. The first-order chi connectivity index (χ1) is 7.17. The highest BCUT2D eigenvalue weighted by Crippen LogP contribution is 2.04. The maximum Gasteiger partial charge on any atom is 0.0597 e. The monoisotopic (exact) mass is 205 g/mol. The van der Waals surface area contributed by atoms with Crippen LogP contribution in [0, 0.1) is 19.3 Å². The largest absolute Gasteiger partial charge is 0.308 e. The molecule has 1 rings (SSSR count). The maximum absolute atomic E-state index is 5.25. The van der Waals surface area contributed by atoms with Gasteiger partial charge in [-0.3, -0.25) is 4.68 Å². The van der Waals surface area contributed by atoms with Gasteiger partial charge in [-0.05, 0) is 26.8 Å². The molecule has 82 valence electrons. The van der Waals surface area contributed by atoms with Crippen LogP contribution in [0.2, 0.25) is 0 Å². The quantitative estimate of drug-likeness (QED) is 0.742. The van der Waals surface area contributed by atoms with Crippen molar-refractivity contribution < 1.29 is 0 Å². The fourth-order valence-corrected chi connectivity index (χ4v) is 1.54. The molecule has 0 bridgehead atoms. The zero-order valence-electron chi connectivity index (χ0n) is 9.75. The lowest BCUT2D eigenvalue weighted by Gasteiger charge is -2.11. The Bertz CT molecular complexity index is 346. The molecular weight excluding hydrogens is 186 g/mol. The van der Waals surface area contributed by atoms with Gasteiger partial charge in [0.25, 0.3) is 0 Å². The molecule has 1 unspecified atom stereocenters. The Morgan fingerprint density at radius 1 is 1.67 bits per heavy atom. The highest BCUT2D eigenvalue weighted by atomic mass is 15.3. The van der Waals surface area contributed by atoms with E-state index in [1.165, 1.54) is 5.69 Å². The Hall–Kier alpha value is -1.27. The zero-order valence-corrected chi connectivity index (χ0v) is 9.75. The van der Waals surface area contributed by atoms with E-state index in [-0.39, 0.29) is 0 Å². The van der Waals surface area contributed by atoms with Crippen molar-refractivity contribution in [1.29, 1.82) is 0 Å². The van der Waals surface area contributed by atoms with Gasteiger partial charge in [-0.15, -0.1) is 12.3 Å². The number of nitrogens with zero attached hydrogens (tertiary/aromatic N) is 2. The molecule has 1 aromatic rings. The number of hydrogen-bond acceptors (Lipinski definition) is 2. The van der Waals surface area contributed by atoms with Crippen molar-refractivity contribution in [3.05, 3.63) is 17.5 Å². The Morgan fingerprint density at radius 2 is 2.40 bits per heavy atom. The van der Waals surface area contributed by atoms with Crippen LogP contribution in [0.1, 0.15) is 31.7 Å². The minimum Gasteiger partial charge on any atom is -0.308 e. The molecule has 1 N–H and O–H groups in total. The fraction of sp³-hybridized carbons (Fsp3) is 0.583. The minimum absolute atomic E-state index is 0.357. The summed E-state index contributed by atoms with van der Waals surface area (Å²) in [6, 6.07) is 2.47. The van der Waals surface area contributed by atoms with Gasteiger partial charge in [-0.25, -0.2) is 0 Å². The predicted octanol–water partition coefficient (Wildman–Crippen LogP) is 1.71. The lowest BCUT2D eigenvalue weighted by atomic mass is 10.2. The summed E-state index contributed by atoms with van der Waals surface area (Å²) in [7, 11) is 0. The Kier molecular flexibility index (Phi) is 4.38. The van der Waals surface area contributed by atoms with E-state index in [1.54, 1.807) is 0 Å². The van der Waals surface area contributed by atoms with E-state index in [1.807, 2.05) is 11.6 Å². The van der Waals surface area contributed by atoms with E-state index in [9.17, 15) is 0 Å². The van der Waals surface area contributed by atoms with E-state index in [0.29, 0.717) is 6.04 Å². The number of hydrogen-bond donors (Lipinski definition) is 1. The van der Waals surface area contributed by atoms with Crippen LogP contribution < -0.4 is 5.32 Å². The van der Waals surface area contributed by atoms with E-state index >= 15 is 0 Å². The zero-order chi connectivity index (χ0) is 11.3. The van der Waals surface area contributed by atoms with Crippen LogP contribution in [0.5, 0.6) is 0 Å². The Morgan fingerprint density at radius 3 is 3.00 bits per heavy atom. The smallest absolute Gasteiger partial charge is 0.0597 e. The van der Waals surface area contributed by atoms with Crippen molar-refractivity contribution in [2.75, 3.05) is 0 Å². The standard InChI is InChI=1S/C12H19N3/c1-5-7-10(3)13-9-12-8-11(4)14-15(12)6-2/h1,8,10,13H,6-7,9H2,2-4H3. The van der Waals surface area contributed by atoms with Crippen molar-refractivity contribution >= 4 is 0 Å². The third-order valence-corrected chi connectivity index (χ3v) is 2.34. The van der Waals surface area contributed by atoms with Crippen molar-refractivity contribution in [3.8, 4) is 12.3 Å². The summed E-state index contributed by atoms with van der Waals surface area (Å²) in [5.74, 6) is 2.65. The van der Waals surface area contributed by atoms with Gasteiger partial charge in [0.1, 0.15) is 0 Å². The van der Waals surface area contributed by atoms with E-state index in [4.69, 9.17) is 6.42 Å². The molecule has 0 aromatic carbocycles. The van der Waals surface area contributed by atoms with Crippen LogP contribution in [0.4, 0.5) is 0 Å². The molecular formula is C12H19N3. The molecule has 1 heterocycles. The van der Waals surface area contributed by atoms with E-state index < -0.39 is 0 Å². The molecule has 1 atom stereocenters. The molecule has 0 fully saturated rings. The Labute approximate surface area is 91.9 Å². The van der Waals surface area contributed by atoms with Crippen LogP contribution in [0.25, 0.3) is 0 Å². The second kappa shape index (κ2) is 5.57. The maximum atomic E-state index is 5.25. The molecule has 0 spiro atoms. The third-order valence-electron chi connectivity index (χ3n) is 2.34. The number of aromatic nitrogens is 2. The molecule has 0 aliphatic heterocycles. The topological polar surface area (TPSA) is 29.9 Å². The normalized spacial score (nSPS) is 12.4. The highest BCUT2D eigenvalue weighted by molar-refractivity contribution is 5.08. The van der Waals surface area contributed by atoms with Gasteiger partial charge >= 0.3 is 0 Å². The highest BCUT2D eigenvalue weighted by Gasteiger charge is 2.05. The summed E-state index contributed by atoms with van der Waals surface area (Å²) in [6.45, 7) is 7.95. The van der Waals surface area contributed by atoms with Gasteiger partial charge in [0.2, 0.25) is 0 Å². The minimum atomic E-state index is 0.357. The fourth-order valence-electron chi connectivity index (χ4n) is 1.54. The van der Waals surface area contributed by atoms with E-state index in [0.717, 1.165) is 25.2 Å². The summed E-state index contributed by atoms with van der Waals surface area (Å²) < 4.78 is 2.02. The van der Waals surface area contributed by atoms with Crippen LogP contribution in [-0.4, -0.2) is 15.8 Å². The number of terminal acetylenes is 1. The van der Waals surface area contributed by atoms with Gasteiger partial charge in [0, 0.05) is 25.6 Å². The summed E-state index contributed by atoms with van der Waals surface area (Å²) in [5.41, 5.74) is 2.29. The Balaban J connectivity index is 2.53. The average molecular weight is 205 g/mol. The van der Waals surface area contributed by atoms with Gasteiger partial charge in [0.15, 0.2) is 0 Å². The average Bonchev–Trinajstić information content (AvgIpc) is 2.56. The molecule has 0 saturated heterocycles. The summed E-state index contributed by atoms with van der Waals surface area (Å²) in [4.78, 5) is 0. The predicted molar refractivity (Wildman–Crippen MR) is 62.4 cm³/mol. The lowest BCUT2D eigenvalue weighted by Crippen LogP contribution is -2.26. The van der Waals surface area contributed by atoms with Gasteiger partial charge in [0.05, 0.1) is 11.4 Å². The molecule has 3 heteroatoms. The molecule has 0 amide bonds. The molecule has 0 radical (unpaired) electrons. The number of rotatable bonds is 5. The van der Waals surface area contributed by atoms with Crippen molar-refractivity contribution in [2.24, 2.45) is 0 Å². The van der Waals surface area contributed by atoms with Crippen molar-refractivity contribution in [3.63, 3.8) is 0 Å². The summed E-state index contributed by atoms with van der Waals surface area (Å²) in [5, 5.41) is 7.77. The van der Waals surface area contributed by atoms with Gasteiger partial charge in [-0.2, -0.15) is 5.10 Å². The summed E-state index contributed by atoms with van der Waals surface area (Å²) in [6.07, 6.45) is 6.01. The summed E-state index contributed by atoms with van der Waals surface area (Å²) >= 11 is 0. The van der Waals surface area contributed by atoms with Gasteiger partial charge in [-0.1, -0.05) is 0 Å². The SMILES string of the molecule is C#CCC(C)NCc1cc(C)nn1CC. The number of aryl methyl sites for hydroxylation is 2. The molecule has 15 heavy (non-hydrogen) atoms. The molecule has 1 aromatic heterocycles. The van der Waals surface area contributed by atoms with Gasteiger partial charge < -0.3 is 5.32 Å². The second-order valence-corrected chi connectivity index (χ2v) is 3.78. The first kappa shape index (κ1) is 11.8. The first-order valence-corrected chi connectivity index (χ1v) is 5.37. The van der Waals surface area contributed by atoms with E-state index in [2.05, 4.69) is 36.2 Å². The molecule has 3 nitrogen and oxygen atoms in total. The van der Waals surface area contributed by atoms with Crippen molar-refractivity contribution in [1.82, 2.24) is 15.1 Å². The molecule has 0 aliphatic rings. The number of nitrogens with one attached hydrogen (secondary N) is 1.